The highest BCUT2D eigenvalue weighted by molar-refractivity contribution is 5.55. The van der Waals surface area contributed by atoms with E-state index in [1.165, 1.54) is 18.2 Å². The van der Waals surface area contributed by atoms with E-state index in [0.717, 1.165) is 62.1 Å². The lowest BCUT2D eigenvalue weighted by Crippen LogP contribution is -2.50. The van der Waals surface area contributed by atoms with Gasteiger partial charge in [0, 0.05) is 50.1 Å². The van der Waals surface area contributed by atoms with Gasteiger partial charge in [0.05, 0.1) is 5.56 Å². The number of alkyl halides is 3. The fourth-order valence-electron chi connectivity index (χ4n) is 4.03. The molecule has 3 nitrogen and oxygen atoms in total. The van der Waals surface area contributed by atoms with Gasteiger partial charge in [-0.2, -0.15) is 13.2 Å². The molecule has 7 heteroatoms. The van der Waals surface area contributed by atoms with Crippen LogP contribution in [0.25, 0.3) is 0 Å². The molecular formula is C21H23F4N3. The van der Waals surface area contributed by atoms with Crippen LogP contribution in [0.5, 0.6) is 0 Å². The molecule has 150 valence electrons. The van der Waals surface area contributed by atoms with Gasteiger partial charge in [-0.15, -0.1) is 0 Å². The number of benzene rings is 2. The Morgan fingerprint density at radius 1 is 0.964 bits per heavy atom. The first-order valence-corrected chi connectivity index (χ1v) is 9.58. The minimum Gasteiger partial charge on any atom is -0.381 e. The molecule has 0 radical (unpaired) electrons. The van der Waals surface area contributed by atoms with Crippen LogP contribution in [0, 0.1) is 5.82 Å². The molecule has 2 aliphatic rings. The van der Waals surface area contributed by atoms with Crippen LogP contribution in [-0.2, 0) is 12.6 Å². The average molecular weight is 393 g/mol. The lowest BCUT2D eigenvalue weighted by molar-refractivity contribution is -0.137. The molecule has 28 heavy (non-hydrogen) atoms. The van der Waals surface area contributed by atoms with Gasteiger partial charge in [-0.25, -0.2) is 4.39 Å². The van der Waals surface area contributed by atoms with Gasteiger partial charge in [0.2, 0.25) is 0 Å². The number of nitrogens with one attached hydrogen (secondary N) is 1. The highest BCUT2D eigenvalue weighted by atomic mass is 19.4. The Labute approximate surface area is 161 Å². The van der Waals surface area contributed by atoms with Crippen molar-refractivity contribution in [2.45, 2.75) is 25.1 Å². The van der Waals surface area contributed by atoms with Crippen LogP contribution in [0.4, 0.5) is 28.9 Å². The zero-order chi connectivity index (χ0) is 19.7. The van der Waals surface area contributed by atoms with Crippen molar-refractivity contribution in [2.24, 2.45) is 0 Å². The van der Waals surface area contributed by atoms with Gasteiger partial charge in [-0.1, -0.05) is 0 Å². The number of hydrogen-bond donors (Lipinski definition) is 1. The number of aryl methyl sites for hydroxylation is 1. The van der Waals surface area contributed by atoms with E-state index in [2.05, 4.69) is 15.1 Å². The summed E-state index contributed by atoms with van der Waals surface area (Å²) in [6, 6.07) is 10.8. The van der Waals surface area contributed by atoms with Gasteiger partial charge >= 0.3 is 6.18 Å². The summed E-state index contributed by atoms with van der Waals surface area (Å²) in [5.41, 5.74) is 2.01. The molecule has 4 rings (SSSR count). The molecule has 2 heterocycles. The largest absolute Gasteiger partial charge is 0.416 e. The maximum absolute atomic E-state index is 13.1. The van der Waals surface area contributed by atoms with Crippen molar-refractivity contribution in [3.8, 4) is 0 Å². The monoisotopic (exact) mass is 393 g/mol. The van der Waals surface area contributed by atoms with Crippen molar-refractivity contribution in [3.63, 3.8) is 0 Å². The molecule has 1 atom stereocenters. The van der Waals surface area contributed by atoms with Gasteiger partial charge < -0.3 is 10.2 Å². The van der Waals surface area contributed by atoms with Crippen molar-refractivity contribution in [1.29, 1.82) is 0 Å². The molecule has 0 bridgehead atoms. The quantitative estimate of drug-likeness (QED) is 0.781. The zero-order valence-corrected chi connectivity index (χ0v) is 15.5. The molecule has 0 spiro atoms. The minimum absolute atomic E-state index is 0.228. The van der Waals surface area contributed by atoms with Crippen LogP contribution in [0.15, 0.2) is 42.5 Å². The van der Waals surface area contributed by atoms with Crippen LogP contribution in [0.3, 0.4) is 0 Å². The molecule has 0 saturated carbocycles. The number of fused-ring (bicyclic) bond motifs is 1. The lowest BCUT2D eigenvalue weighted by atomic mass is 9.95. The molecular weight excluding hydrogens is 370 g/mol. The van der Waals surface area contributed by atoms with Crippen LogP contribution >= 0.6 is 0 Å². The first kappa shape index (κ1) is 19.1. The zero-order valence-electron chi connectivity index (χ0n) is 15.5. The summed E-state index contributed by atoms with van der Waals surface area (Å²) >= 11 is 0. The Morgan fingerprint density at radius 2 is 1.68 bits per heavy atom. The Kier molecular flexibility index (Phi) is 5.19. The highest BCUT2D eigenvalue weighted by Crippen LogP contribution is 2.34. The Balaban J connectivity index is 1.31. The molecule has 2 aromatic carbocycles. The van der Waals surface area contributed by atoms with Gasteiger partial charge in [-0.05, 0) is 60.9 Å². The molecule has 0 unspecified atom stereocenters. The number of rotatable bonds is 3. The molecule has 2 aromatic rings. The summed E-state index contributed by atoms with van der Waals surface area (Å²) < 4.78 is 51.7. The number of piperazine rings is 1. The molecule has 2 aliphatic heterocycles. The van der Waals surface area contributed by atoms with Gasteiger partial charge in [0.25, 0.3) is 0 Å². The maximum atomic E-state index is 13.1. The van der Waals surface area contributed by atoms with E-state index < -0.39 is 11.7 Å². The standard InChI is InChI=1S/C21H23F4N3/c22-17-3-6-19(7-4-17)28-11-9-27(10-12-28)14-18-5-1-15-13-16(21(23,24)25)2-8-20(15)26-18/h2-4,6-8,13,18,26H,1,5,9-12,14H2/t18-/m1/s1. The average Bonchev–Trinajstić information content (AvgIpc) is 2.68. The number of hydrogen-bond acceptors (Lipinski definition) is 3. The van der Waals surface area contributed by atoms with E-state index in [-0.39, 0.29) is 11.9 Å². The molecule has 1 fully saturated rings. The molecule has 1 N–H and O–H groups in total. The lowest BCUT2D eigenvalue weighted by Gasteiger charge is -2.39. The van der Waals surface area contributed by atoms with Gasteiger partial charge in [0.1, 0.15) is 5.82 Å². The predicted octanol–water partition coefficient (Wildman–Crippen LogP) is 4.39. The fourth-order valence-corrected chi connectivity index (χ4v) is 4.03. The second-order valence-corrected chi connectivity index (χ2v) is 7.51. The van der Waals surface area contributed by atoms with Crippen molar-refractivity contribution in [2.75, 3.05) is 42.9 Å². The fraction of sp³-hybridized carbons (Fsp3) is 0.429. The van der Waals surface area contributed by atoms with Gasteiger partial charge in [-0.3, -0.25) is 4.90 Å². The number of nitrogens with zero attached hydrogens (tertiary/aromatic N) is 2. The van der Waals surface area contributed by atoms with Crippen LogP contribution in [0.2, 0.25) is 0 Å². The maximum Gasteiger partial charge on any atom is 0.416 e. The highest BCUT2D eigenvalue weighted by Gasteiger charge is 2.32. The van der Waals surface area contributed by atoms with E-state index in [0.29, 0.717) is 6.42 Å². The third-order valence-electron chi connectivity index (χ3n) is 5.60. The van der Waals surface area contributed by atoms with Crippen molar-refractivity contribution in [1.82, 2.24) is 4.90 Å². The van der Waals surface area contributed by atoms with Crippen LogP contribution in [0.1, 0.15) is 17.5 Å². The molecule has 0 amide bonds. The van der Waals surface area contributed by atoms with E-state index in [1.807, 2.05) is 0 Å². The van der Waals surface area contributed by atoms with Crippen LogP contribution in [-0.4, -0.2) is 43.7 Å². The van der Waals surface area contributed by atoms with Crippen molar-refractivity contribution < 1.29 is 17.6 Å². The summed E-state index contributed by atoms with van der Waals surface area (Å²) in [5.74, 6) is -0.228. The summed E-state index contributed by atoms with van der Waals surface area (Å²) in [7, 11) is 0. The molecule has 0 aromatic heterocycles. The SMILES string of the molecule is Fc1ccc(N2CCN(C[C@H]3CCc4cc(C(F)(F)F)ccc4N3)CC2)cc1. The number of halogens is 4. The first-order valence-electron chi connectivity index (χ1n) is 9.58. The summed E-state index contributed by atoms with van der Waals surface area (Å²) in [6.07, 6.45) is -2.81. The van der Waals surface area contributed by atoms with Gasteiger partial charge in [0.15, 0.2) is 0 Å². The topological polar surface area (TPSA) is 18.5 Å². The minimum atomic E-state index is -4.30. The predicted molar refractivity (Wildman–Crippen MR) is 102 cm³/mol. The van der Waals surface area contributed by atoms with E-state index >= 15 is 0 Å². The van der Waals surface area contributed by atoms with E-state index in [1.54, 1.807) is 18.2 Å². The second-order valence-electron chi connectivity index (χ2n) is 7.51. The normalized spacial score (nSPS) is 20.6. The second kappa shape index (κ2) is 7.62. The smallest absolute Gasteiger partial charge is 0.381 e. The van der Waals surface area contributed by atoms with Crippen molar-refractivity contribution in [3.05, 3.63) is 59.4 Å². The van der Waals surface area contributed by atoms with Crippen molar-refractivity contribution >= 4 is 11.4 Å². The third-order valence-corrected chi connectivity index (χ3v) is 5.60. The number of anilines is 2. The Bertz CT molecular complexity index is 811. The Morgan fingerprint density at radius 3 is 2.36 bits per heavy atom. The molecule has 1 saturated heterocycles. The van der Waals surface area contributed by atoms with E-state index in [9.17, 15) is 17.6 Å². The third kappa shape index (κ3) is 4.24. The summed E-state index contributed by atoms with van der Waals surface area (Å²) in [6.45, 7) is 4.45. The summed E-state index contributed by atoms with van der Waals surface area (Å²) in [5, 5.41) is 3.41. The van der Waals surface area contributed by atoms with Crippen LogP contribution < -0.4 is 10.2 Å². The first-order chi connectivity index (χ1) is 13.4. The summed E-state index contributed by atoms with van der Waals surface area (Å²) in [4.78, 5) is 4.63. The Hall–Kier alpha value is -2.28. The molecule has 0 aliphatic carbocycles. The van der Waals surface area contributed by atoms with E-state index in [4.69, 9.17) is 0 Å².